The lowest BCUT2D eigenvalue weighted by atomic mass is 10.1. The molecule has 0 saturated carbocycles. The molecule has 1 aliphatic heterocycles. The predicted octanol–water partition coefficient (Wildman–Crippen LogP) is 0.642. The molecule has 64 valence electrons. The molecule has 1 fully saturated rings. The monoisotopic (exact) mass is 157 g/mol. The molecule has 1 saturated heterocycles. The fraction of sp³-hybridized carbons (Fsp3) is 0.875. The Morgan fingerprint density at radius 2 is 2.36 bits per heavy atom. The van der Waals surface area contributed by atoms with E-state index in [2.05, 4.69) is 0 Å². The summed E-state index contributed by atoms with van der Waals surface area (Å²) in [6.45, 7) is 4.25. The summed E-state index contributed by atoms with van der Waals surface area (Å²) in [5, 5.41) is 0. The van der Waals surface area contributed by atoms with Crippen LogP contribution in [0.1, 0.15) is 20.3 Å². The van der Waals surface area contributed by atoms with Crippen molar-refractivity contribution in [3.8, 4) is 0 Å². The normalized spacial score (nSPS) is 32.6. The lowest BCUT2D eigenvalue weighted by Crippen LogP contribution is -2.38. The third-order valence-electron chi connectivity index (χ3n) is 2.14. The number of carbonyl (C=O) groups excluding carboxylic acids is 1. The van der Waals surface area contributed by atoms with Gasteiger partial charge < -0.3 is 4.74 Å². The summed E-state index contributed by atoms with van der Waals surface area (Å²) in [5.74, 6) is 0.205. The van der Waals surface area contributed by atoms with Gasteiger partial charge in [0.05, 0.1) is 18.9 Å². The molecule has 0 aromatic carbocycles. The Hall–Kier alpha value is -0.410. The van der Waals surface area contributed by atoms with Gasteiger partial charge in [-0.05, 0) is 20.4 Å². The number of carbonyl (C=O) groups is 1. The molecule has 1 aliphatic rings. The molecule has 0 aliphatic carbocycles. The van der Waals surface area contributed by atoms with E-state index >= 15 is 0 Å². The lowest BCUT2D eigenvalue weighted by molar-refractivity contribution is -0.121. The van der Waals surface area contributed by atoms with Crippen LogP contribution in [-0.2, 0) is 9.53 Å². The first-order valence-corrected chi connectivity index (χ1v) is 3.99. The van der Waals surface area contributed by atoms with Crippen molar-refractivity contribution in [2.45, 2.75) is 32.4 Å². The molecule has 0 spiro atoms. The molecule has 2 unspecified atom stereocenters. The van der Waals surface area contributed by atoms with Gasteiger partial charge in [-0.1, -0.05) is 6.92 Å². The van der Waals surface area contributed by atoms with Crippen LogP contribution in [0.3, 0.4) is 0 Å². The van der Waals surface area contributed by atoms with Crippen molar-refractivity contribution in [1.29, 1.82) is 0 Å². The molecule has 0 amide bonds. The van der Waals surface area contributed by atoms with E-state index in [1.165, 1.54) is 0 Å². The van der Waals surface area contributed by atoms with Crippen molar-refractivity contribution in [3.05, 3.63) is 0 Å². The van der Waals surface area contributed by atoms with Gasteiger partial charge in [-0.2, -0.15) is 0 Å². The molecule has 0 radical (unpaired) electrons. The number of likely N-dealkylation sites (N-methyl/N-ethyl adjacent to an activating group) is 1. The first-order chi connectivity index (χ1) is 5.16. The smallest absolute Gasteiger partial charge is 0.149 e. The summed E-state index contributed by atoms with van der Waals surface area (Å²) < 4.78 is 5.39. The second kappa shape index (κ2) is 3.32. The maximum atomic E-state index is 11.1. The Morgan fingerprint density at radius 1 is 1.73 bits per heavy atom. The van der Waals surface area contributed by atoms with Crippen LogP contribution in [-0.4, -0.2) is 36.6 Å². The van der Waals surface area contributed by atoms with Crippen molar-refractivity contribution < 1.29 is 9.53 Å². The summed E-state index contributed by atoms with van der Waals surface area (Å²) in [7, 11) is 1.92. The summed E-state index contributed by atoms with van der Waals surface area (Å²) in [6.07, 6.45) is 1.02. The minimum Gasteiger partial charge on any atom is -0.361 e. The zero-order chi connectivity index (χ0) is 8.43. The van der Waals surface area contributed by atoms with Gasteiger partial charge in [0.2, 0.25) is 0 Å². The van der Waals surface area contributed by atoms with E-state index in [0.717, 1.165) is 6.42 Å². The molecule has 1 heterocycles. The first kappa shape index (κ1) is 8.68. The molecule has 0 aromatic rings. The van der Waals surface area contributed by atoms with Gasteiger partial charge in [0.15, 0.2) is 0 Å². The topological polar surface area (TPSA) is 29.5 Å². The molecule has 0 N–H and O–H groups in total. The van der Waals surface area contributed by atoms with Crippen LogP contribution in [0.5, 0.6) is 0 Å². The number of Topliss-reactive ketones (excluding diaryl/α,β-unsaturated/α-hetero) is 1. The first-order valence-electron chi connectivity index (χ1n) is 3.99. The van der Waals surface area contributed by atoms with E-state index in [1.54, 1.807) is 6.92 Å². The number of hydrogen-bond acceptors (Lipinski definition) is 3. The molecular formula is C8H15NO2. The summed E-state index contributed by atoms with van der Waals surface area (Å²) >= 11 is 0. The average molecular weight is 157 g/mol. The van der Waals surface area contributed by atoms with E-state index in [9.17, 15) is 4.79 Å². The zero-order valence-corrected chi connectivity index (χ0v) is 7.33. The highest BCUT2D eigenvalue weighted by molar-refractivity contribution is 5.82. The minimum absolute atomic E-state index is 0.0139. The molecule has 0 aromatic heterocycles. The van der Waals surface area contributed by atoms with Crippen molar-refractivity contribution in [2.75, 3.05) is 13.8 Å². The average Bonchev–Trinajstić information content (AvgIpc) is 2.30. The van der Waals surface area contributed by atoms with Crippen LogP contribution in [0.15, 0.2) is 0 Å². The highest BCUT2D eigenvalue weighted by Gasteiger charge is 2.34. The SMILES string of the molecule is CCC1OCN(C)C1C(C)=O. The Bertz CT molecular complexity index is 158. The second-order valence-corrected chi connectivity index (χ2v) is 3.05. The third-order valence-corrected chi connectivity index (χ3v) is 2.14. The number of ketones is 1. The van der Waals surface area contributed by atoms with E-state index < -0.39 is 0 Å². The van der Waals surface area contributed by atoms with Gasteiger partial charge in [-0.15, -0.1) is 0 Å². The highest BCUT2D eigenvalue weighted by Crippen LogP contribution is 2.18. The summed E-state index contributed by atoms with van der Waals surface area (Å²) in [4.78, 5) is 13.1. The van der Waals surface area contributed by atoms with E-state index in [0.29, 0.717) is 6.73 Å². The highest BCUT2D eigenvalue weighted by atomic mass is 16.5. The maximum absolute atomic E-state index is 11.1. The fourth-order valence-corrected chi connectivity index (χ4v) is 1.58. The van der Waals surface area contributed by atoms with Crippen LogP contribution in [0.2, 0.25) is 0 Å². The van der Waals surface area contributed by atoms with Crippen LogP contribution < -0.4 is 0 Å². The molecule has 11 heavy (non-hydrogen) atoms. The second-order valence-electron chi connectivity index (χ2n) is 3.05. The number of rotatable bonds is 2. The summed E-state index contributed by atoms with van der Waals surface area (Å²) in [5.41, 5.74) is 0. The number of ether oxygens (including phenoxy) is 1. The Morgan fingerprint density at radius 3 is 2.73 bits per heavy atom. The quantitative estimate of drug-likeness (QED) is 0.589. The Labute approximate surface area is 67.3 Å². The third kappa shape index (κ3) is 1.60. The van der Waals surface area contributed by atoms with Gasteiger partial charge in [0.1, 0.15) is 5.78 Å². The van der Waals surface area contributed by atoms with E-state index in [-0.39, 0.29) is 17.9 Å². The Balaban J connectivity index is 2.63. The fourth-order valence-electron chi connectivity index (χ4n) is 1.58. The summed E-state index contributed by atoms with van der Waals surface area (Å²) in [6, 6.07) is -0.0139. The molecule has 3 nitrogen and oxygen atoms in total. The van der Waals surface area contributed by atoms with Crippen LogP contribution in [0.4, 0.5) is 0 Å². The van der Waals surface area contributed by atoms with Crippen molar-refractivity contribution in [1.82, 2.24) is 4.90 Å². The van der Waals surface area contributed by atoms with Crippen LogP contribution in [0, 0.1) is 0 Å². The van der Waals surface area contributed by atoms with E-state index in [4.69, 9.17) is 4.74 Å². The Kier molecular flexibility index (Phi) is 2.62. The van der Waals surface area contributed by atoms with Gasteiger partial charge in [-0.3, -0.25) is 9.69 Å². The standard InChI is InChI=1S/C8H15NO2/c1-4-7-8(6(2)10)9(3)5-11-7/h7-8H,4-5H2,1-3H3. The maximum Gasteiger partial charge on any atom is 0.149 e. The molecule has 3 heteroatoms. The largest absolute Gasteiger partial charge is 0.361 e. The van der Waals surface area contributed by atoms with Crippen LogP contribution in [0.25, 0.3) is 0 Å². The van der Waals surface area contributed by atoms with Gasteiger partial charge in [0.25, 0.3) is 0 Å². The van der Waals surface area contributed by atoms with Crippen molar-refractivity contribution in [2.24, 2.45) is 0 Å². The molecule has 2 atom stereocenters. The van der Waals surface area contributed by atoms with Gasteiger partial charge >= 0.3 is 0 Å². The molecule has 1 rings (SSSR count). The predicted molar refractivity (Wildman–Crippen MR) is 42.3 cm³/mol. The van der Waals surface area contributed by atoms with E-state index in [1.807, 2.05) is 18.9 Å². The minimum atomic E-state index is -0.0139. The number of nitrogens with zero attached hydrogens (tertiary/aromatic N) is 1. The molecule has 0 bridgehead atoms. The zero-order valence-electron chi connectivity index (χ0n) is 7.33. The number of hydrogen-bond donors (Lipinski definition) is 0. The van der Waals surface area contributed by atoms with Crippen molar-refractivity contribution >= 4 is 5.78 Å². The van der Waals surface area contributed by atoms with Crippen LogP contribution >= 0.6 is 0 Å². The van der Waals surface area contributed by atoms with Gasteiger partial charge in [-0.25, -0.2) is 0 Å². The molecular weight excluding hydrogens is 142 g/mol. The van der Waals surface area contributed by atoms with Crippen molar-refractivity contribution in [3.63, 3.8) is 0 Å². The lowest BCUT2D eigenvalue weighted by Gasteiger charge is -2.17. The van der Waals surface area contributed by atoms with Gasteiger partial charge in [0, 0.05) is 0 Å².